The van der Waals surface area contributed by atoms with E-state index in [1.54, 1.807) is 0 Å². The van der Waals surface area contributed by atoms with Gasteiger partial charge in [0.25, 0.3) is 0 Å². The first-order chi connectivity index (χ1) is 19.1. The lowest BCUT2D eigenvalue weighted by Gasteiger charge is -2.27. The number of fused-ring (bicyclic) bond motifs is 16. The van der Waals surface area contributed by atoms with Crippen LogP contribution in [0.25, 0.3) is 65.4 Å². The van der Waals surface area contributed by atoms with Crippen LogP contribution in [0.2, 0.25) is 0 Å². The molecule has 0 aliphatic carbocycles. The standard InChI is InChI=1S/C36H26N2S/c1-39(2)35-29-16-3-5-18-31(29)37-27-14-8-12-25(21-27)23-10-7-11-24(20-23)26-13-9-15-28(22-26)38-32-19-6-4-17-30(32)36(39)34(38)33(35)37/h3-22H,1-2H3. The van der Waals surface area contributed by atoms with E-state index in [2.05, 4.69) is 143 Å². The summed E-state index contributed by atoms with van der Waals surface area (Å²) in [6, 6.07) is 45.1. The van der Waals surface area contributed by atoms with Gasteiger partial charge in [-0.05, 0) is 76.5 Å². The van der Waals surface area contributed by atoms with Crippen LogP contribution in [0, 0.1) is 0 Å². The first kappa shape index (κ1) is 21.5. The molecule has 0 N–H and O–H groups in total. The fourth-order valence-electron chi connectivity index (χ4n) is 7.05. The fraction of sp³-hybridized carbons (Fsp3) is 0.0556. The molecule has 186 valence electrons. The van der Waals surface area contributed by atoms with E-state index < -0.39 is 10.0 Å². The second kappa shape index (κ2) is 7.34. The van der Waals surface area contributed by atoms with Crippen molar-refractivity contribution in [2.24, 2.45) is 0 Å². The second-order valence-electron chi connectivity index (χ2n) is 11.1. The summed E-state index contributed by atoms with van der Waals surface area (Å²) < 4.78 is 5.07. The molecule has 1 aliphatic heterocycles. The molecule has 0 atom stereocenters. The predicted octanol–water partition coefficient (Wildman–Crippen LogP) is 9.88. The summed E-state index contributed by atoms with van der Waals surface area (Å²) in [4.78, 5) is 3.00. The molecule has 3 heteroatoms. The first-order valence-corrected chi connectivity index (χ1v) is 15.9. The van der Waals surface area contributed by atoms with Crippen LogP contribution in [0.15, 0.2) is 131 Å². The van der Waals surface area contributed by atoms with Crippen LogP contribution in [-0.2, 0) is 0 Å². The molecule has 5 aromatic carbocycles. The van der Waals surface area contributed by atoms with Crippen molar-refractivity contribution in [1.82, 2.24) is 8.80 Å². The number of hydrogen-bond acceptors (Lipinski definition) is 0. The molecular weight excluding hydrogens is 492 g/mol. The summed E-state index contributed by atoms with van der Waals surface area (Å²) in [5, 5.41) is 7.69. The van der Waals surface area contributed by atoms with Gasteiger partial charge in [-0.3, -0.25) is 0 Å². The highest BCUT2D eigenvalue weighted by molar-refractivity contribution is 8.33. The van der Waals surface area contributed by atoms with E-state index >= 15 is 0 Å². The number of rotatable bonds is 0. The van der Waals surface area contributed by atoms with Crippen LogP contribution >= 0.6 is 10.0 Å². The zero-order valence-electron chi connectivity index (χ0n) is 21.8. The molecular formula is C36H26N2S. The van der Waals surface area contributed by atoms with Crippen molar-refractivity contribution in [1.29, 1.82) is 0 Å². The summed E-state index contributed by atoms with van der Waals surface area (Å²) in [7, 11) is -1.29. The lowest BCUT2D eigenvalue weighted by molar-refractivity contribution is 1.28. The van der Waals surface area contributed by atoms with E-state index in [0.29, 0.717) is 0 Å². The summed E-state index contributed by atoms with van der Waals surface area (Å²) in [6.07, 6.45) is 4.98. The largest absolute Gasteiger partial charge is 0.307 e. The quantitative estimate of drug-likeness (QED) is 0.189. The lowest BCUT2D eigenvalue weighted by Crippen LogP contribution is -1.92. The lowest BCUT2D eigenvalue weighted by atomic mass is 10.1. The van der Waals surface area contributed by atoms with Crippen molar-refractivity contribution in [2.45, 2.75) is 9.79 Å². The maximum absolute atomic E-state index is 2.54. The summed E-state index contributed by atoms with van der Waals surface area (Å²) in [5.74, 6) is 0. The highest BCUT2D eigenvalue weighted by Crippen LogP contribution is 2.69. The van der Waals surface area contributed by atoms with E-state index in [1.807, 2.05) is 0 Å². The molecule has 0 fully saturated rings. The monoisotopic (exact) mass is 518 g/mol. The van der Waals surface area contributed by atoms with E-state index in [1.165, 1.54) is 75.2 Å². The van der Waals surface area contributed by atoms with Crippen LogP contribution < -0.4 is 0 Å². The van der Waals surface area contributed by atoms with Gasteiger partial charge in [0.05, 0.1) is 22.1 Å². The van der Waals surface area contributed by atoms with Crippen LogP contribution in [0.4, 0.5) is 0 Å². The van der Waals surface area contributed by atoms with Crippen molar-refractivity contribution in [3.8, 4) is 0 Å². The first-order valence-electron chi connectivity index (χ1n) is 13.4. The molecule has 39 heavy (non-hydrogen) atoms. The maximum atomic E-state index is 2.54. The average Bonchev–Trinajstić information content (AvgIpc) is 3.58. The SMILES string of the molecule is CS1(C)c2c3ccccc3n3c4cccc(c4)c4cccc(c4)c4cccc(c4)n4c5ccccc5c1c4c23. The van der Waals surface area contributed by atoms with Crippen LogP contribution in [0.1, 0.15) is 0 Å². The van der Waals surface area contributed by atoms with E-state index in [4.69, 9.17) is 0 Å². The van der Waals surface area contributed by atoms with Gasteiger partial charge in [0.2, 0.25) is 0 Å². The molecule has 0 spiro atoms. The molecule has 0 unspecified atom stereocenters. The van der Waals surface area contributed by atoms with Crippen LogP contribution in [0.5, 0.6) is 0 Å². The molecule has 8 aromatic rings. The third-order valence-electron chi connectivity index (χ3n) is 8.64. The molecule has 1 aliphatic rings. The number of benzene rings is 5. The van der Waals surface area contributed by atoms with Gasteiger partial charge in [0, 0.05) is 31.6 Å². The zero-order chi connectivity index (χ0) is 25.9. The Morgan fingerprint density at radius 1 is 0.436 bits per heavy atom. The topological polar surface area (TPSA) is 8.82 Å². The van der Waals surface area contributed by atoms with Crippen LogP contribution in [0.3, 0.4) is 0 Å². The van der Waals surface area contributed by atoms with Crippen LogP contribution in [-0.4, -0.2) is 21.3 Å². The van der Waals surface area contributed by atoms with Crippen molar-refractivity contribution in [2.75, 3.05) is 12.5 Å². The van der Waals surface area contributed by atoms with Gasteiger partial charge < -0.3 is 8.80 Å². The summed E-state index contributed by atoms with van der Waals surface area (Å²) in [5.41, 5.74) is 7.66. The normalized spacial score (nSPS) is 14.9. The van der Waals surface area contributed by atoms with E-state index in [-0.39, 0.29) is 0 Å². The van der Waals surface area contributed by atoms with Gasteiger partial charge >= 0.3 is 0 Å². The molecule has 9 rings (SSSR count). The molecule has 2 nitrogen and oxygen atoms in total. The smallest absolute Gasteiger partial charge is 0.0846 e. The Hall–Kier alpha value is -4.47. The Morgan fingerprint density at radius 3 is 1.33 bits per heavy atom. The number of hydrogen-bond donors (Lipinski definition) is 0. The minimum absolute atomic E-state index is 1.21. The maximum Gasteiger partial charge on any atom is 0.0846 e. The number of aromatic nitrogens is 2. The van der Waals surface area contributed by atoms with Gasteiger partial charge in [0.1, 0.15) is 0 Å². The number of nitrogens with zero attached hydrogens (tertiary/aromatic N) is 2. The fourth-order valence-corrected chi connectivity index (χ4v) is 10.0. The van der Waals surface area contributed by atoms with Crippen molar-refractivity contribution >= 4 is 75.4 Å². The number of para-hydroxylation sites is 2. The third-order valence-corrected chi connectivity index (χ3v) is 11.5. The molecule has 0 amide bonds. The molecule has 0 saturated heterocycles. The van der Waals surface area contributed by atoms with Gasteiger partial charge in [-0.25, -0.2) is 0 Å². The molecule has 3 aromatic heterocycles. The summed E-state index contributed by atoms with van der Waals surface area (Å²) >= 11 is 0. The van der Waals surface area contributed by atoms with Gasteiger partial charge in [-0.15, -0.1) is 0 Å². The highest BCUT2D eigenvalue weighted by atomic mass is 32.3. The Bertz CT molecular complexity index is 2260. The van der Waals surface area contributed by atoms with Crippen molar-refractivity contribution < 1.29 is 0 Å². The minimum Gasteiger partial charge on any atom is -0.307 e. The second-order valence-corrected chi connectivity index (χ2v) is 14.5. The minimum atomic E-state index is -1.29. The van der Waals surface area contributed by atoms with Crippen molar-refractivity contribution in [3.05, 3.63) is 121 Å². The van der Waals surface area contributed by atoms with E-state index in [0.717, 1.165) is 0 Å². The van der Waals surface area contributed by atoms with Gasteiger partial charge in [-0.2, -0.15) is 10.0 Å². The third kappa shape index (κ3) is 2.68. The van der Waals surface area contributed by atoms with Crippen molar-refractivity contribution in [3.63, 3.8) is 0 Å². The highest BCUT2D eigenvalue weighted by Gasteiger charge is 2.37. The Balaban J connectivity index is 1.75. The van der Waals surface area contributed by atoms with Gasteiger partial charge in [-0.1, -0.05) is 78.9 Å². The Kier molecular flexibility index (Phi) is 4.04. The summed E-state index contributed by atoms with van der Waals surface area (Å²) in [6.45, 7) is 0. The molecule has 0 saturated carbocycles. The predicted molar refractivity (Wildman–Crippen MR) is 169 cm³/mol. The molecule has 6 bridgehead atoms. The Labute approximate surface area is 227 Å². The van der Waals surface area contributed by atoms with Gasteiger partial charge in [0.15, 0.2) is 0 Å². The van der Waals surface area contributed by atoms with E-state index in [9.17, 15) is 0 Å². The molecule has 4 heterocycles. The molecule has 0 radical (unpaired) electrons. The average molecular weight is 519 g/mol. The zero-order valence-corrected chi connectivity index (χ0v) is 22.7. The Morgan fingerprint density at radius 2 is 0.846 bits per heavy atom.